The highest BCUT2D eigenvalue weighted by atomic mass is 16.6. The van der Waals surface area contributed by atoms with Crippen molar-refractivity contribution in [1.29, 1.82) is 0 Å². The average molecular weight is 364 g/mol. The Morgan fingerprint density at radius 1 is 1.35 bits per heavy atom. The van der Waals surface area contributed by atoms with Crippen molar-refractivity contribution in [1.82, 2.24) is 10.6 Å². The molecule has 1 heterocycles. The van der Waals surface area contributed by atoms with Crippen LogP contribution >= 0.6 is 0 Å². The van der Waals surface area contributed by atoms with Gasteiger partial charge in [0.1, 0.15) is 5.75 Å². The maximum atomic E-state index is 12.5. The zero-order chi connectivity index (χ0) is 19.6. The number of rotatable bonds is 5. The number of carbonyl (C=O) groups is 2. The molecular formula is C16H18N3O7-. The fourth-order valence-corrected chi connectivity index (χ4v) is 2.55. The molecule has 0 fully saturated rings. The standard InChI is InChI=1S/C16H19N3O7/c1-7(2)26-15(21)12-8(3)17-16(22)18-13(12)9-5-10(19(23)24)14(20)11(6-9)25-4/h5-7,13,20H,1-4H3,(H2,17,18,22)/p-1. The molecule has 10 nitrogen and oxygen atoms in total. The van der Waals surface area contributed by atoms with Gasteiger partial charge in [-0.3, -0.25) is 10.1 Å². The summed E-state index contributed by atoms with van der Waals surface area (Å²) < 4.78 is 10.1. The van der Waals surface area contributed by atoms with Crippen LogP contribution < -0.4 is 20.5 Å². The number of urea groups is 1. The minimum Gasteiger partial charge on any atom is -0.865 e. The van der Waals surface area contributed by atoms with Gasteiger partial charge < -0.3 is 25.2 Å². The van der Waals surface area contributed by atoms with Gasteiger partial charge in [-0.15, -0.1) is 0 Å². The van der Waals surface area contributed by atoms with Gasteiger partial charge in [-0.25, -0.2) is 9.59 Å². The van der Waals surface area contributed by atoms with Crippen molar-refractivity contribution >= 4 is 17.7 Å². The zero-order valence-electron chi connectivity index (χ0n) is 14.6. The normalized spacial score (nSPS) is 16.8. The number of methoxy groups -OCH3 is 1. The lowest BCUT2D eigenvalue weighted by Gasteiger charge is -2.29. The molecule has 0 aliphatic carbocycles. The minimum absolute atomic E-state index is 0.0771. The van der Waals surface area contributed by atoms with Crippen molar-refractivity contribution in [2.75, 3.05) is 7.11 Å². The Labute approximate surface area is 148 Å². The van der Waals surface area contributed by atoms with E-state index < -0.39 is 40.5 Å². The lowest BCUT2D eigenvalue weighted by molar-refractivity contribution is -0.398. The summed E-state index contributed by atoms with van der Waals surface area (Å²) in [6.45, 7) is 4.84. The van der Waals surface area contributed by atoms with E-state index in [0.717, 1.165) is 6.07 Å². The van der Waals surface area contributed by atoms with E-state index in [-0.39, 0.29) is 22.6 Å². The topological polar surface area (TPSA) is 143 Å². The van der Waals surface area contributed by atoms with Crippen molar-refractivity contribution in [2.45, 2.75) is 32.9 Å². The lowest BCUT2D eigenvalue weighted by atomic mass is 9.94. The van der Waals surface area contributed by atoms with E-state index in [1.54, 1.807) is 13.8 Å². The van der Waals surface area contributed by atoms with Gasteiger partial charge in [0.15, 0.2) is 0 Å². The predicted molar refractivity (Wildman–Crippen MR) is 87.4 cm³/mol. The van der Waals surface area contributed by atoms with Crippen LogP contribution in [0.3, 0.4) is 0 Å². The first-order valence-electron chi connectivity index (χ1n) is 7.68. The summed E-state index contributed by atoms with van der Waals surface area (Å²) in [6.07, 6.45) is -0.408. The van der Waals surface area contributed by atoms with Crippen LogP contribution in [-0.4, -0.2) is 30.1 Å². The first-order chi connectivity index (χ1) is 12.1. The Kier molecular flexibility index (Phi) is 5.34. The molecule has 0 spiro atoms. The molecule has 2 amide bonds. The number of carbonyl (C=O) groups excluding carboxylic acids is 2. The van der Waals surface area contributed by atoms with E-state index in [9.17, 15) is 24.8 Å². The molecule has 0 radical (unpaired) electrons. The van der Waals surface area contributed by atoms with Crippen molar-refractivity contribution < 1.29 is 29.1 Å². The second kappa shape index (κ2) is 7.30. The molecule has 1 aliphatic heterocycles. The molecular weight excluding hydrogens is 346 g/mol. The van der Waals surface area contributed by atoms with Crippen LogP contribution in [-0.2, 0) is 9.53 Å². The number of nitro groups is 1. The second-order valence-electron chi connectivity index (χ2n) is 5.85. The molecule has 0 saturated heterocycles. The lowest BCUT2D eigenvalue weighted by Crippen LogP contribution is -2.45. The Bertz CT molecular complexity index is 801. The van der Waals surface area contributed by atoms with Crippen molar-refractivity contribution in [3.63, 3.8) is 0 Å². The summed E-state index contributed by atoms with van der Waals surface area (Å²) in [5, 5.41) is 28.1. The number of hydrogen-bond acceptors (Lipinski definition) is 7. The van der Waals surface area contributed by atoms with E-state index in [2.05, 4.69) is 10.6 Å². The molecule has 140 valence electrons. The Morgan fingerprint density at radius 3 is 2.54 bits per heavy atom. The van der Waals surface area contributed by atoms with Crippen LogP contribution in [0.4, 0.5) is 10.5 Å². The number of nitrogens with one attached hydrogen (secondary N) is 2. The first kappa shape index (κ1) is 19.0. The molecule has 10 heteroatoms. The van der Waals surface area contributed by atoms with E-state index in [0.29, 0.717) is 0 Å². The molecule has 1 unspecified atom stereocenters. The number of ether oxygens (including phenoxy) is 2. The molecule has 1 aromatic rings. The third-order valence-electron chi connectivity index (χ3n) is 3.64. The number of allylic oxidation sites excluding steroid dienone is 1. The van der Waals surface area contributed by atoms with Gasteiger partial charge >= 0.3 is 12.0 Å². The van der Waals surface area contributed by atoms with Gasteiger partial charge in [0.2, 0.25) is 0 Å². The van der Waals surface area contributed by atoms with Crippen molar-refractivity contribution in [3.8, 4) is 11.5 Å². The summed E-state index contributed by atoms with van der Waals surface area (Å²) in [4.78, 5) is 34.6. The summed E-state index contributed by atoms with van der Waals surface area (Å²) >= 11 is 0. The largest absolute Gasteiger partial charge is 0.865 e. The molecule has 26 heavy (non-hydrogen) atoms. The molecule has 2 N–H and O–H groups in total. The van der Waals surface area contributed by atoms with Gasteiger partial charge in [0, 0.05) is 17.5 Å². The maximum Gasteiger partial charge on any atom is 0.338 e. The monoisotopic (exact) mass is 364 g/mol. The molecule has 1 atom stereocenters. The van der Waals surface area contributed by atoms with Crippen LogP contribution in [0.1, 0.15) is 32.4 Å². The van der Waals surface area contributed by atoms with E-state index in [4.69, 9.17) is 9.47 Å². The van der Waals surface area contributed by atoms with Gasteiger partial charge in [0.05, 0.1) is 29.8 Å². The second-order valence-corrected chi connectivity index (χ2v) is 5.85. The number of amides is 2. The van der Waals surface area contributed by atoms with Crippen LogP contribution in [0, 0.1) is 10.1 Å². The third-order valence-corrected chi connectivity index (χ3v) is 3.64. The number of esters is 1. The van der Waals surface area contributed by atoms with Gasteiger partial charge in [-0.1, -0.05) is 0 Å². The third kappa shape index (κ3) is 3.68. The molecule has 0 bridgehead atoms. The highest BCUT2D eigenvalue weighted by Gasteiger charge is 2.34. The van der Waals surface area contributed by atoms with E-state index in [1.807, 2.05) is 0 Å². The number of hydrogen-bond donors (Lipinski definition) is 2. The van der Waals surface area contributed by atoms with Crippen molar-refractivity contribution in [3.05, 3.63) is 39.1 Å². The zero-order valence-corrected chi connectivity index (χ0v) is 14.6. The summed E-state index contributed by atoms with van der Waals surface area (Å²) in [7, 11) is 1.19. The highest BCUT2D eigenvalue weighted by molar-refractivity contribution is 5.95. The van der Waals surface area contributed by atoms with Crippen LogP contribution in [0.15, 0.2) is 23.4 Å². The van der Waals surface area contributed by atoms with Crippen LogP contribution in [0.5, 0.6) is 11.5 Å². The van der Waals surface area contributed by atoms with E-state index in [1.165, 1.54) is 20.1 Å². The fourth-order valence-electron chi connectivity index (χ4n) is 2.55. The fraction of sp³-hybridized carbons (Fsp3) is 0.375. The SMILES string of the molecule is COc1cc(C2NC(=O)NC(C)=C2C(=O)OC(C)C)cc([N+](=O)[O-])c1[O-]. The van der Waals surface area contributed by atoms with E-state index >= 15 is 0 Å². The number of benzene rings is 1. The predicted octanol–water partition coefficient (Wildman–Crippen LogP) is 1.26. The van der Waals surface area contributed by atoms with Gasteiger partial charge in [-0.2, -0.15) is 0 Å². The van der Waals surface area contributed by atoms with Gasteiger partial charge in [-0.05, 0) is 32.4 Å². The van der Waals surface area contributed by atoms with Crippen LogP contribution in [0.2, 0.25) is 0 Å². The minimum atomic E-state index is -1.04. The summed E-state index contributed by atoms with van der Waals surface area (Å²) in [6, 6.07) is 0.628. The number of nitro benzene ring substituents is 1. The Hall–Kier alpha value is -3.30. The summed E-state index contributed by atoms with van der Waals surface area (Å²) in [5.74, 6) is -1.85. The van der Waals surface area contributed by atoms with Gasteiger partial charge in [0.25, 0.3) is 5.69 Å². The Balaban J connectivity index is 2.61. The Morgan fingerprint density at radius 2 is 2.00 bits per heavy atom. The average Bonchev–Trinajstić information content (AvgIpc) is 2.53. The molecule has 1 aliphatic rings. The first-order valence-corrected chi connectivity index (χ1v) is 7.68. The molecule has 0 aromatic heterocycles. The number of nitrogens with zero attached hydrogens (tertiary/aromatic N) is 1. The van der Waals surface area contributed by atoms with Crippen LogP contribution in [0.25, 0.3) is 0 Å². The maximum absolute atomic E-state index is 12.5. The summed E-state index contributed by atoms with van der Waals surface area (Å²) in [5.41, 5.74) is -0.245. The molecule has 0 saturated carbocycles. The quantitative estimate of drug-likeness (QED) is 0.455. The highest BCUT2D eigenvalue weighted by Crippen LogP contribution is 2.39. The smallest absolute Gasteiger partial charge is 0.338 e. The van der Waals surface area contributed by atoms with Crippen molar-refractivity contribution in [2.24, 2.45) is 0 Å². The molecule has 2 rings (SSSR count). The molecule has 1 aromatic carbocycles.